The highest BCUT2D eigenvalue weighted by molar-refractivity contribution is 9.10. The number of anilines is 2. The van der Waals surface area contributed by atoms with E-state index in [1.54, 1.807) is 0 Å². The highest BCUT2D eigenvalue weighted by Crippen LogP contribution is 2.39. The molecule has 20 heavy (non-hydrogen) atoms. The number of rotatable bonds is 2. The molecule has 1 saturated carbocycles. The lowest BCUT2D eigenvalue weighted by atomic mass is 10.0. The average Bonchev–Trinajstić information content (AvgIpc) is 2.84. The van der Waals surface area contributed by atoms with Crippen LogP contribution in [0.2, 0.25) is 0 Å². The van der Waals surface area contributed by atoms with Gasteiger partial charge in [-0.3, -0.25) is 0 Å². The third kappa shape index (κ3) is 2.92. The van der Waals surface area contributed by atoms with Crippen LogP contribution in [-0.4, -0.2) is 23.1 Å². The van der Waals surface area contributed by atoms with E-state index >= 15 is 0 Å². The number of nitrogens with two attached hydrogens (primary N) is 1. The number of hydrogen-bond donors (Lipinski definition) is 1. The van der Waals surface area contributed by atoms with E-state index in [2.05, 4.69) is 25.8 Å². The van der Waals surface area contributed by atoms with E-state index in [1.165, 1.54) is 51.4 Å². The van der Waals surface area contributed by atoms with Gasteiger partial charge in [-0.1, -0.05) is 25.7 Å². The fourth-order valence-corrected chi connectivity index (χ4v) is 3.85. The minimum Gasteiger partial charge on any atom is -0.383 e. The first kappa shape index (κ1) is 14.1. The number of halogens is 1. The number of hydrogen-bond acceptors (Lipinski definition) is 4. The Kier molecular flexibility index (Phi) is 4.44. The van der Waals surface area contributed by atoms with Gasteiger partial charge in [-0.05, 0) is 41.6 Å². The smallest absolute Gasteiger partial charge is 0.227 e. The molecule has 0 unspecified atom stereocenters. The zero-order valence-corrected chi connectivity index (χ0v) is 13.5. The zero-order chi connectivity index (χ0) is 13.9. The summed E-state index contributed by atoms with van der Waals surface area (Å²) in [6.45, 7) is 2.12. The van der Waals surface area contributed by atoms with Crippen molar-refractivity contribution in [2.75, 3.05) is 23.7 Å². The molecule has 1 aliphatic carbocycles. The molecule has 1 aliphatic heterocycles. The Hall–Kier alpha value is -0.840. The third-order valence-electron chi connectivity index (χ3n) is 4.52. The fourth-order valence-electron chi connectivity index (χ4n) is 3.35. The van der Waals surface area contributed by atoms with Crippen LogP contribution in [0, 0.1) is 0 Å². The van der Waals surface area contributed by atoms with Gasteiger partial charge in [-0.15, -0.1) is 0 Å². The van der Waals surface area contributed by atoms with Gasteiger partial charge in [0.05, 0.1) is 10.2 Å². The van der Waals surface area contributed by atoms with Gasteiger partial charge >= 0.3 is 0 Å². The zero-order valence-electron chi connectivity index (χ0n) is 11.9. The Morgan fingerprint density at radius 1 is 0.950 bits per heavy atom. The molecular weight excluding hydrogens is 316 g/mol. The molecule has 4 nitrogen and oxygen atoms in total. The number of nitrogen functional groups attached to an aromatic ring is 1. The molecule has 1 aromatic rings. The Labute approximate surface area is 129 Å². The second-order valence-corrected chi connectivity index (χ2v) is 6.78. The van der Waals surface area contributed by atoms with Crippen LogP contribution in [0.15, 0.2) is 4.47 Å². The van der Waals surface area contributed by atoms with Gasteiger partial charge in [-0.2, -0.15) is 4.98 Å². The van der Waals surface area contributed by atoms with E-state index in [9.17, 15) is 0 Å². The minimum atomic E-state index is 0.556. The predicted molar refractivity (Wildman–Crippen MR) is 86.0 cm³/mol. The van der Waals surface area contributed by atoms with Crippen LogP contribution in [0.5, 0.6) is 0 Å². The van der Waals surface area contributed by atoms with Crippen LogP contribution in [0.3, 0.4) is 0 Å². The second kappa shape index (κ2) is 6.29. The van der Waals surface area contributed by atoms with Gasteiger partial charge in [0, 0.05) is 19.0 Å². The maximum absolute atomic E-state index is 6.11. The van der Waals surface area contributed by atoms with Crippen LogP contribution in [0.1, 0.15) is 63.0 Å². The maximum Gasteiger partial charge on any atom is 0.227 e. The van der Waals surface area contributed by atoms with E-state index in [1.807, 2.05) is 0 Å². The molecular formula is C15H23BrN4. The Bertz CT molecular complexity index is 463. The van der Waals surface area contributed by atoms with E-state index in [0.29, 0.717) is 11.7 Å². The summed E-state index contributed by atoms with van der Waals surface area (Å²) in [5.74, 6) is 2.00. The average molecular weight is 339 g/mol. The summed E-state index contributed by atoms with van der Waals surface area (Å²) in [4.78, 5) is 11.7. The van der Waals surface area contributed by atoms with Crippen molar-refractivity contribution in [1.82, 2.24) is 9.97 Å². The quantitative estimate of drug-likeness (QED) is 0.889. The van der Waals surface area contributed by atoms with Crippen molar-refractivity contribution in [3.05, 3.63) is 10.2 Å². The van der Waals surface area contributed by atoms with E-state index in [-0.39, 0.29) is 0 Å². The molecule has 5 heteroatoms. The van der Waals surface area contributed by atoms with Crippen LogP contribution in [-0.2, 0) is 0 Å². The van der Waals surface area contributed by atoms with Crippen molar-refractivity contribution in [3.63, 3.8) is 0 Å². The van der Waals surface area contributed by atoms with Crippen molar-refractivity contribution in [1.29, 1.82) is 0 Å². The second-order valence-electron chi connectivity index (χ2n) is 5.99. The molecule has 2 N–H and O–H groups in total. The van der Waals surface area contributed by atoms with Crippen molar-refractivity contribution in [2.45, 2.75) is 57.3 Å². The van der Waals surface area contributed by atoms with Crippen LogP contribution in [0.25, 0.3) is 0 Å². The first-order chi connectivity index (χ1) is 9.75. The molecule has 0 atom stereocenters. The van der Waals surface area contributed by atoms with Gasteiger partial charge in [0.2, 0.25) is 5.95 Å². The molecule has 2 heterocycles. The Morgan fingerprint density at radius 3 is 2.25 bits per heavy atom. The first-order valence-electron chi connectivity index (χ1n) is 7.83. The van der Waals surface area contributed by atoms with E-state index < -0.39 is 0 Å². The first-order valence-corrected chi connectivity index (χ1v) is 8.63. The summed E-state index contributed by atoms with van der Waals surface area (Å²) in [6.07, 6.45) is 10.2. The summed E-state index contributed by atoms with van der Waals surface area (Å²) in [5.41, 5.74) is 7.24. The lowest BCUT2D eigenvalue weighted by molar-refractivity contribution is 0.679. The van der Waals surface area contributed by atoms with Crippen molar-refractivity contribution >= 4 is 27.7 Å². The number of nitrogens with zero attached hydrogens (tertiary/aromatic N) is 3. The minimum absolute atomic E-state index is 0.556. The lowest BCUT2D eigenvalue weighted by Crippen LogP contribution is -2.27. The van der Waals surface area contributed by atoms with Crippen LogP contribution >= 0.6 is 15.9 Å². The molecule has 1 aromatic heterocycles. The monoisotopic (exact) mass is 338 g/mol. The summed E-state index contributed by atoms with van der Waals surface area (Å²) in [7, 11) is 0. The van der Waals surface area contributed by atoms with Crippen molar-refractivity contribution < 1.29 is 0 Å². The molecule has 0 bridgehead atoms. The van der Waals surface area contributed by atoms with Crippen molar-refractivity contribution in [2.24, 2.45) is 0 Å². The Morgan fingerprint density at radius 2 is 1.60 bits per heavy atom. The predicted octanol–water partition coefficient (Wildman–Crippen LogP) is 3.86. The maximum atomic E-state index is 6.11. The van der Waals surface area contributed by atoms with Gasteiger partial charge in [0.15, 0.2) is 0 Å². The standard InChI is InChI=1S/C15H23BrN4/c16-12-13(11-7-3-4-8-11)18-15(19-14(12)17)20-9-5-1-2-6-10-20/h11H,1-10H2,(H2,17,18,19). The molecule has 0 spiro atoms. The molecule has 0 radical (unpaired) electrons. The molecule has 2 aliphatic rings. The lowest BCUT2D eigenvalue weighted by Gasteiger charge is -2.22. The molecule has 110 valence electrons. The highest BCUT2D eigenvalue weighted by atomic mass is 79.9. The van der Waals surface area contributed by atoms with Gasteiger partial charge in [0.1, 0.15) is 5.82 Å². The topological polar surface area (TPSA) is 55.0 Å². The van der Waals surface area contributed by atoms with Crippen molar-refractivity contribution in [3.8, 4) is 0 Å². The molecule has 1 saturated heterocycles. The fraction of sp³-hybridized carbons (Fsp3) is 0.733. The molecule has 0 aromatic carbocycles. The van der Waals surface area contributed by atoms with E-state index in [4.69, 9.17) is 10.7 Å². The summed E-state index contributed by atoms with van der Waals surface area (Å²) < 4.78 is 0.919. The van der Waals surface area contributed by atoms with Crippen LogP contribution < -0.4 is 10.6 Å². The summed E-state index contributed by atoms with van der Waals surface area (Å²) >= 11 is 3.60. The normalized spacial score (nSPS) is 21.1. The van der Waals surface area contributed by atoms with Gasteiger partial charge < -0.3 is 10.6 Å². The van der Waals surface area contributed by atoms with Crippen LogP contribution in [0.4, 0.5) is 11.8 Å². The van der Waals surface area contributed by atoms with Gasteiger partial charge in [-0.25, -0.2) is 4.98 Å². The van der Waals surface area contributed by atoms with E-state index in [0.717, 1.165) is 29.2 Å². The molecule has 2 fully saturated rings. The SMILES string of the molecule is Nc1nc(N2CCCCCC2)nc(C2CCCC2)c1Br. The highest BCUT2D eigenvalue weighted by Gasteiger charge is 2.24. The number of aromatic nitrogens is 2. The largest absolute Gasteiger partial charge is 0.383 e. The third-order valence-corrected chi connectivity index (χ3v) is 5.33. The van der Waals surface area contributed by atoms with Gasteiger partial charge in [0.25, 0.3) is 0 Å². The summed E-state index contributed by atoms with van der Waals surface area (Å²) in [5, 5.41) is 0. The molecule has 0 amide bonds. The Balaban J connectivity index is 1.90. The summed E-state index contributed by atoms with van der Waals surface area (Å²) in [6, 6.07) is 0. The molecule has 3 rings (SSSR count).